The number of para-hydroxylation sites is 1. The quantitative estimate of drug-likeness (QED) is 0.488. The Labute approximate surface area is 179 Å². The standard InChI is InChI=1S/C28H30O2/c1-6-10-26-21(4)11-9-13-22(26)18-24-19-25(15-16-27(24)29-5)30-28-14-8-7-12-23(28)17-20(2)3/h6-16,19-20H,1,4,17-18H2,2-3,5H3. The zero-order valence-corrected chi connectivity index (χ0v) is 18.2. The van der Waals surface area contributed by atoms with Gasteiger partial charge in [0, 0.05) is 12.0 Å². The molecular weight excluding hydrogens is 368 g/mol. The molecule has 0 saturated heterocycles. The van der Waals surface area contributed by atoms with Crippen LogP contribution in [-0.2, 0) is 12.8 Å². The van der Waals surface area contributed by atoms with E-state index in [2.05, 4.69) is 51.3 Å². The summed E-state index contributed by atoms with van der Waals surface area (Å²) in [5.74, 6) is 3.12. The number of hydrogen-bond donors (Lipinski definition) is 0. The third-order valence-electron chi connectivity index (χ3n) is 5.03. The van der Waals surface area contributed by atoms with Crippen LogP contribution in [-0.4, -0.2) is 7.11 Å². The minimum absolute atomic E-state index is 0.565. The van der Waals surface area contributed by atoms with Crippen LogP contribution >= 0.6 is 0 Å². The highest BCUT2D eigenvalue weighted by Gasteiger charge is 2.11. The first-order chi connectivity index (χ1) is 14.5. The molecule has 0 heterocycles. The molecule has 0 aliphatic rings. The monoisotopic (exact) mass is 398 g/mol. The van der Waals surface area contributed by atoms with E-state index in [1.54, 1.807) is 13.2 Å². The molecule has 0 aromatic heterocycles. The van der Waals surface area contributed by atoms with Crippen LogP contribution in [0.1, 0.15) is 30.5 Å². The van der Waals surface area contributed by atoms with Gasteiger partial charge in [-0.3, -0.25) is 0 Å². The average Bonchev–Trinajstić information content (AvgIpc) is 2.72. The van der Waals surface area contributed by atoms with E-state index in [0.29, 0.717) is 5.92 Å². The van der Waals surface area contributed by atoms with Crippen LogP contribution in [0.5, 0.6) is 17.2 Å². The molecule has 0 unspecified atom stereocenters. The highest BCUT2D eigenvalue weighted by atomic mass is 16.5. The molecule has 0 amide bonds. The van der Waals surface area contributed by atoms with Gasteiger partial charge in [-0.1, -0.05) is 75.6 Å². The summed E-state index contributed by atoms with van der Waals surface area (Å²) in [5, 5.41) is 2.09. The van der Waals surface area contributed by atoms with E-state index in [1.165, 1.54) is 11.1 Å². The Morgan fingerprint density at radius 2 is 1.67 bits per heavy atom. The van der Waals surface area contributed by atoms with Gasteiger partial charge in [-0.05, 0) is 58.2 Å². The molecule has 0 radical (unpaired) electrons. The second-order valence-corrected chi connectivity index (χ2v) is 7.85. The first kappa shape index (κ1) is 21.4. The number of methoxy groups -OCH3 is 1. The van der Waals surface area contributed by atoms with Gasteiger partial charge < -0.3 is 9.47 Å². The van der Waals surface area contributed by atoms with Gasteiger partial charge in [-0.25, -0.2) is 0 Å². The van der Waals surface area contributed by atoms with Crippen molar-refractivity contribution in [1.29, 1.82) is 0 Å². The first-order valence-corrected chi connectivity index (χ1v) is 10.3. The largest absolute Gasteiger partial charge is 0.496 e. The fourth-order valence-corrected chi connectivity index (χ4v) is 3.65. The van der Waals surface area contributed by atoms with E-state index < -0.39 is 0 Å². The van der Waals surface area contributed by atoms with E-state index in [-0.39, 0.29) is 0 Å². The molecule has 3 rings (SSSR count). The van der Waals surface area contributed by atoms with Crippen LogP contribution in [0.4, 0.5) is 0 Å². The summed E-state index contributed by atoms with van der Waals surface area (Å²) >= 11 is 0. The molecule has 0 N–H and O–H groups in total. The fourth-order valence-electron chi connectivity index (χ4n) is 3.65. The average molecular weight is 399 g/mol. The predicted octanol–water partition coefficient (Wildman–Crippen LogP) is 5.65. The second-order valence-electron chi connectivity index (χ2n) is 7.85. The third-order valence-corrected chi connectivity index (χ3v) is 5.03. The lowest BCUT2D eigenvalue weighted by Gasteiger charge is -2.15. The van der Waals surface area contributed by atoms with Gasteiger partial charge in [0.05, 0.1) is 7.11 Å². The van der Waals surface area contributed by atoms with Crippen molar-refractivity contribution in [3.63, 3.8) is 0 Å². The van der Waals surface area contributed by atoms with Crippen LogP contribution in [0, 0.1) is 5.92 Å². The summed E-state index contributed by atoms with van der Waals surface area (Å²) in [4.78, 5) is 0. The van der Waals surface area contributed by atoms with Crippen molar-refractivity contribution < 1.29 is 9.47 Å². The molecule has 0 atom stereocenters. The molecule has 154 valence electrons. The van der Waals surface area contributed by atoms with Gasteiger partial charge >= 0.3 is 0 Å². The SMILES string of the molecule is C=CC=c1c(Cc2cc(Oc3ccccc3CC(C)C)ccc2OC)cccc1=C. The van der Waals surface area contributed by atoms with Crippen LogP contribution < -0.4 is 19.9 Å². The van der Waals surface area contributed by atoms with Crippen LogP contribution in [0.15, 0.2) is 73.3 Å². The van der Waals surface area contributed by atoms with Crippen molar-refractivity contribution >= 4 is 12.7 Å². The molecule has 2 nitrogen and oxygen atoms in total. The summed E-state index contributed by atoms with van der Waals surface area (Å²) in [6, 6.07) is 20.4. The van der Waals surface area contributed by atoms with Crippen LogP contribution in [0.3, 0.4) is 0 Å². The van der Waals surface area contributed by atoms with Gasteiger partial charge in [0.15, 0.2) is 0 Å². The molecule has 3 aromatic rings. The second kappa shape index (κ2) is 9.98. The van der Waals surface area contributed by atoms with Gasteiger partial charge in [-0.2, -0.15) is 0 Å². The minimum Gasteiger partial charge on any atom is -0.496 e. The number of ether oxygens (including phenoxy) is 2. The number of hydrogen-bond acceptors (Lipinski definition) is 2. The molecule has 0 spiro atoms. The summed E-state index contributed by atoms with van der Waals surface area (Å²) in [7, 11) is 1.70. The van der Waals surface area contributed by atoms with E-state index in [9.17, 15) is 0 Å². The summed E-state index contributed by atoms with van der Waals surface area (Å²) in [5.41, 5.74) is 3.47. The van der Waals surface area contributed by atoms with Crippen molar-refractivity contribution in [3.05, 3.63) is 100 Å². The lowest BCUT2D eigenvalue weighted by molar-refractivity contribution is 0.408. The Morgan fingerprint density at radius 1 is 0.900 bits per heavy atom. The number of benzene rings is 3. The van der Waals surface area contributed by atoms with Crippen LogP contribution in [0.25, 0.3) is 12.7 Å². The zero-order chi connectivity index (χ0) is 21.5. The maximum Gasteiger partial charge on any atom is 0.130 e. The predicted molar refractivity (Wildman–Crippen MR) is 127 cm³/mol. The van der Waals surface area contributed by atoms with Gasteiger partial charge in [0.2, 0.25) is 0 Å². The van der Waals surface area contributed by atoms with Gasteiger partial charge in [0.1, 0.15) is 17.2 Å². The Bertz CT molecular complexity index is 1130. The van der Waals surface area contributed by atoms with Crippen molar-refractivity contribution in [1.82, 2.24) is 0 Å². The number of allylic oxidation sites excluding steroid dienone is 1. The lowest BCUT2D eigenvalue weighted by Crippen LogP contribution is -2.27. The smallest absolute Gasteiger partial charge is 0.130 e. The van der Waals surface area contributed by atoms with Gasteiger partial charge in [0.25, 0.3) is 0 Å². The molecular formula is C28H30O2. The van der Waals surface area contributed by atoms with Crippen molar-refractivity contribution in [2.24, 2.45) is 5.92 Å². The van der Waals surface area contributed by atoms with Crippen LogP contribution in [0.2, 0.25) is 0 Å². The maximum absolute atomic E-state index is 6.30. The zero-order valence-electron chi connectivity index (χ0n) is 18.2. The normalized spacial score (nSPS) is 11.5. The van der Waals surface area contributed by atoms with E-state index in [0.717, 1.165) is 46.1 Å². The highest BCUT2D eigenvalue weighted by Crippen LogP contribution is 2.31. The van der Waals surface area contributed by atoms with Crippen molar-refractivity contribution in [2.75, 3.05) is 7.11 Å². The Balaban J connectivity index is 1.97. The molecule has 0 saturated carbocycles. The Morgan fingerprint density at radius 3 is 2.40 bits per heavy atom. The maximum atomic E-state index is 6.30. The summed E-state index contributed by atoms with van der Waals surface area (Å²) in [6.45, 7) is 12.4. The first-order valence-electron chi connectivity index (χ1n) is 10.3. The van der Waals surface area contributed by atoms with E-state index in [4.69, 9.17) is 9.47 Å². The highest BCUT2D eigenvalue weighted by molar-refractivity contribution is 5.47. The molecule has 0 aliphatic heterocycles. The van der Waals surface area contributed by atoms with Crippen molar-refractivity contribution in [2.45, 2.75) is 26.7 Å². The molecule has 0 bridgehead atoms. The van der Waals surface area contributed by atoms with Crippen molar-refractivity contribution in [3.8, 4) is 17.2 Å². The topological polar surface area (TPSA) is 18.5 Å². The molecule has 0 aliphatic carbocycles. The summed E-state index contributed by atoms with van der Waals surface area (Å²) < 4.78 is 11.9. The minimum atomic E-state index is 0.565. The Kier molecular flexibility index (Phi) is 7.13. The van der Waals surface area contributed by atoms with E-state index in [1.807, 2.05) is 42.5 Å². The lowest BCUT2D eigenvalue weighted by atomic mass is 10.0. The molecule has 2 heteroatoms. The summed E-state index contributed by atoms with van der Waals surface area (Å²) in [6.07, 6.45) is 5.51. The number of rotatable bonds is 8. The molecule has 0 fully saturated rings. The molecule has 30 heavy (non-hydrogen) atoms. The molecule has 3 aromatic carbocycles. The Hall–Kier alpha value is -3.26. The third kappa shape index (κ3) is 5.21. The van der Waals surface area contributed by atoms with E-state index >= 15 is 0 Å². The van der Waals surface area contributed by atoms with Gasteiger partial charge in [-0.15, -0.1) is 0 Å². The fraction of sp³-hybridized carbons (Fsp3) is 0.214.